The van der Waals surface area contributed by atoms with Crippen molar-refractivity contribution in [2.24, 2.45) is 0 Å². The first-order valence-electron chi connectivity index (χ1n) is 3.57. The smallest absolute Gasteiger partial charge is 0.342 e. The Labute approximate surface area is 79.9 Å². The number of esters is 1. The number of ether oxygens (including phenoxy) is 1. The van der Waals surface area contributed by atoms with Crippen LogP contribution in [0.5, 0.6) is 0 Å². The molecule has 4 nitrogen and oxygen atoms in total. The molecule has 13 heavy (non-hydrogen) atoms. The fourth-order valence-corrected chi connectivity index (χ4v) is 0.793. The van der Waals surface area contributed by atoms with Gasteiger partial charge < -0.3 is 9.15 Å². The summed E-state index contributed by atoms with van der Waals surface area (Å²) in [6.45, 7) is 1.61. The average Bonchev–Trinajstić information content (AvgIpc) is 2.04. The first-order valence-corrected chi connectivity index (χ1v) is 4.09. The minimum absolute atomic E-state index is 0.195. The van der Waals surface area contributed by atoms with Crippen LogP contribution in [0.25, 0.3) is 0 Å². The maximum atomic E-state index is 11.1. The summed E-state index contributed by atoms with van der Waals surface area (Å²) in [5.41, 5.74) is -0.796. The number of carbonyl (C=O) groups is 1. The molecule has 0 spiro atoms. The minimum Gasteiger partial charge on any atom is -0.448 e. The zero-order valence-corrected chi connectivity index (χ0v) is 7.78. The predicted octanol–water partition coefficient (Wildman–Crippen LogP) is 1.07. The van der Waals surface area contributed by atoms with Crippen LogP contribution in [0.2, 0.25) is 0 Å². The van der Waals surface area contributed by atoms with Gasteiger partial charge in [0, 0.05) is 6.07 Å². The Morgan fingerprint density at radius 3 is 2.77 bits per heavy atom. The van der Waals surface area contributed by atoms with E-state index in [1.165, 1.54) is 6.07 Å². The van der Waals surface area contributed by atoms with Crippen LogP contribution in [0.15, 0.2) is 27.6 Å². The lowest BCUT2D eigenvalue weighted by molar-refractivity contribution is 0.0481. The molecule has 0 saturated heterocycles. The van der Waals surface area contributed by atoms with E-state index in [0.717, 1.165) is 12.3 Å². The van der Waals surface area contributed by atoms with Crippen molar-refractivity contribution in [1.82, 2.24) is 0 Å². The third-order valence-electron chi connectivity index (χ3n) is 1.21. The van der Waals surface area contributed by atoms with Crippen molar-refractivity contribution in [2.75, 3.05) is 0 Å². The Morgan fingerprint density at radius 2 is 2.31 bits per heavy atom. The van der Waals surface area contributed by atoms with Gasteiger partial charge in [-0.15, -0.1) is 12.6 Å². The number of hydrogen-bond donors (Lipinski definition) is 1. The maximum absolute atomic E-state index is 11.1. The summed E-state index contributed by atoms with van der Waals surface area (Å²) >= 11 is 3.87. The first kappa shape index (κ1) is 9.85. The molecule has 1 rings (SSSR count). The van der Waals surface area contributed by atoms with Crippen molar-refractivity contribution < 1.29 is 13.9 Å². The number of thiol groups is 1. The Morgan fingerprint density at radius 1 is 1.62 bits per heavy atom. The topological polar surface area (TPSA) is 56.5 Å². The Balaban J connectivity index is 2.78. The summed E-state index contributed by atoms with van der Waals surface area (Å²) in [5.74, 6) is -0.564. The van der Waals surface area contributed by atoms with E-state index in [0.29, 0.717) is 0 Å². The van der Waals surface area contributed by atoms with Crippen LogP contribution < -0.4 is 5.63 Å². The van der Waals surface area contributed by atoms with E-state index < -0.39 is 17.0 Å². The third kappa shape index (κ3) is 2.95. The standard InChI is InChI=1S/C8H8O4S/c1-5(13)12-8(10)6-2-3-7(9)11-4-6/h2-5,13H,1H3. The molecule has 0 aromatic carbocycles. The summed E-state index contributed by atoms with van der Waals surface area (Å²) in [6.07, 6.45) is 1.06. The largest absolute Gasteiger partial charge is 0.448 e. The lowest BCUT2D eigenvalue weighted by atomic mass is 10.3. The summed E-state index contributed by atoms with van der Waals surface area (Å²) in [5, 5.41) is 0. The monoisotopic (exact) mass is 200 g/mol. The van der Waals surface area contributed by atoms with Gasteiger partial charge in [-0.25, -0.2) is 9.59 Å². The molecule has 0 N–H and O–H groups in total. The number of hydrogen-bond acceptors (Lipinski definition) is 5. The lowest BCUT2D eigenvalue weighted by Gasteiger charge is -2.05. The van der Waals surface area contributed by atoms with Crippen molar-refractivity contribution in [3.63, 3.8) is 0 Å². The first-order chi connectivity index (χ1) is 6.09. The quantitative estimate of drug-likeness (QED) is 0.441. The molecular formula is C8H8O4S. The van der Waals surface area contributed by atoms with Gasteiger partial charge in [0.1, 0.15) is 11.7 Å². The SMILES string of the molecule is CC(S)OC(=O)c1ccc(=O)oc1. The van der Waals surface area contributed by atoms with E-state index >= 15 is 0 Å². The maximum Gasteiger partial charge on any atom is 0.342 e. The summed E-state index contributed by atoms with van der Waals surface area (Å²) in [4.78, 5) is 21.7. The van der Waals surface area contributed by atoms with Crippen molar-refractivity contribution in [2.45, 2.75) is 12.4 Å². The Bertz CT molecular complexity index is 335. The van der Waals surface area contributed by atoms with Gasteiger partial charge in [0.25, 0.3) is 0 Å². The van der Waals surface area contributed by atoms with Gasteiger partial charge >= 0.3 is 11.6 Å². The second kappa shape index (κ2) is 4.13. The van der Waals surface area contributed by atoms with Crippen LogP contribution in [-0.4, -0.2) is 11.4 Å². The molecular weight excluding hydrogens is 192 g/mol. The van der Waals surface area contributed by atoms with E-state index in [1.807, 2.05) is 0 Å². The molecule has 0 amide bonds. The average molecular weight is 200 g/mol. The molecule has 0 aliphatic rings. The fraction of sp³-hybridized carbons (Fsp3) is 0.250. The van der Waals surface area contributed by atoms with Crippen LogP contribution in [0, 0.1) is 0 Å². The molecule has 0 saturated carbocycles. The molecule has 0 radical (unpaired) electrons. The molecule has 0 aliphatic carbocycles. The van der Waals surface area contributed by atoms with E-state index in [4.69, 9.17) is 4.74 Å². The predicted molar refractivity (Wildman–Crippen MR) is 48.8 cm³/mol. The molecule has 5 heteroatoms. The molecule has 0 aliphatic heterocycles. The van der Waals surface area contributed by atoms with E-state index in [1.54, 1.807) is 6.92 Å². The van der Waals surface area contributed by atoms with Crippen LogP contribution in [0.4, 0.5) is 0 Å². The van der Waals surface area contributed by atoms with Crippen molar-refractivity contribution in [1.29, 1.82) is 0 Å². The second-order valence-corrected chi connectivity index (χ2v) is 3.08. The Kier molecular flexibility index (Phi) is 3.13. The van der Waals surface area contributed by atoms with Gasteiger partial charge in [0.15, 0.2) is 0 Å². The molecule has 1 heterocycles. The number of rotatable bonds is 2. The van der Waals surface area contributed by atoms with Gasteiger partial charge in [0.2, 0.25) is 0 Å². The van der Waals surface area contributed by atoms with E-state index in [2.05, 4.69) is 17.0 Å². The summed E-state index contributed by atoms with van der Waals surface area (Å²) in [7, 11) is 0. The Hall–Kier alpha value is -1.23. The highest BCUT2D eigenvalue weighted by atomic mass is 32.1. The highest BCUT2D eigenvalue weighted by molar-refractivity contribution is 7.80. The van der Waals surface area contributed by atoms with Crippen molar-refractivity contribution in [3.8, 4) is 0 Å². The summed E-state index contributed by atoms with van der Waals surface area (Å²) < 4.78 is 9.22. The molecule has 1 unspecified atom stereocenters. The number of carbonyl (C=O) groups excluding carboxylic acids is 1. The van der Waals surface area contributed by atoms with Crippen LogP contribution >= 0.6 is 12.6 Å². The van der Waals surface area contributed by atoms with Gasteiger partial charge in [0.05, 0.1) is 5.56 Å². The highest BCUT2D eigenvalue weighted by Gasteiger charge is 2.09. The molecule has 0 bridgehead atoms. The van der Waals surface area contributed by atoms with Gasteiger partial charge in [-0.1, -0.05) is 0 Å². The molecule has 1 aromatic heterocycles. The van der Waals surface area contributed by atoms with Gasteiger partial charge in [-0.05, 0) is 13.0 Å². The van der Waals surface area contributed by atoms with Crippen LogP contribution in [0.3, 0.4) is 0 Å². The van der Waals surface area contributed by atoms with Gasteiger partial charge in [-0.2, -0.15) is 0 Å². The van der Waals surface area contributed by atoms with Gasteiger partial charge in [-0.3, -0.25) is 0 Å². The molecule has 70 valence electrons. The van der Waals surface area contributed by atoms with E-state index in [-0.39, 0.29) is 5.56 Å². The minimum atomic E-state index is -0.564. The fourth-order valence-electron chi connectivity index (χ4n) is 0.697. The second-order valence-electron chi connectivity index (χ2n) is 2.35. The summed E-state index contributed by atoms with van der Waals surface area (Å²) in [6, 6.07) is 2.49. The van der Waals surface area contributed by atoms with Crippen molar-refractivity contribution in [3.05, 3.63) is 34.4 Å². The zero-order chi connectivity index (χ0) is 9.84. The highest BCUT2D eigenvalue weighted by Crippen LogP contribution is 2.03. The van der Waals surface area contributed by atoms with E-state index in [9.17, 15) is 9.59 Å². The van der Waals surface area contributed by atoms with Crippen LogP contribution in [-0.2, 0) is 4.74 Å². The van der Waals surface area contributed by atoms with Crippen LogP contribution in [0.1, 0.15) is 17.3 Å². The lowest BCUT2D eigenvalue weighted by Crippen LogP contribution is -2.10. The normalized spacial score (nSPS) is 12.2. The molecule has 1 atom stereocenters. The molecule has 0 fully saturated rings. The zero-order valence-electron chi connectivity index (χ0n) is 6.89. The van der Waals surface area contributed by atoms with Crippen molar-refractivity contribution >= 4 is 18.6 Å². The molecule has 1 aromatic rings. The third-order valence-corrected chi connectivity index (χ3v) is 1.32.